The molecule has 2 rings (SSSR count). The average molecular weight is 269 g/mol. The van der Waals surface area contributed by atoms with Crippen LogP contribution in [0.15, 0.2) is 48.8 Å². The van der Waals surface area contributed by atoms with Crippen molar-refractivity contribution in [1.82, 2.24) is 4.98 Å². The van der Waals surface area contributed by atoms with Gasteiger partial charge in [0.2, 0.25) is 0 Å². The molecule has 20 heavy (non-hydrogen) atoms. The molecule has 0 aliphatic rings. The molecule has 0 aliphatic carbocycles. The lowest BCUT2D eigenvalue weighted by Crippen LogP contribution is -2.15. The molecule has 0 aliphatic heterocycles. The minimum Gasteiger partial charge on any atom is -0.481 e. The summed E-state index contributed by atoms with van der Waals surface area (Å²) >= 11 is 0. The van der Waals surface area contributed by atoms with E-state index in [1.807, 2.05) is 37.4 Å². The van der Waals surface area contributed by atoms with Crippen LogP contribution in [0.3, 0.4) is 0 Å². The van der Waals surface area contributed by atoms with Gasteiger partial charge in [-0.1, -0.05) is 37.3 Å². The van der Waals surface area contributed by atoms with E-state index in [0.717, 1.165) is 17.5 Å². The molecule has 1 aromatic heterocycles. The molecule has 2 aromatic rings. The fourth-order valence-corrected chi connectivity index (χ4v) is 2.30. The molecular formula is C17H19NO2. The first-order valence-electron chi connectivity index (χ1n) is 6.88. The summed E-state index contributed by atoms with van der Waals surface area (Å²) < 4.78 is 0. The third kappa shape index (κ3) is 3.92. The number of aliphatic carboxylic acids is 1. The number of aromatic nitrogens is 1. The van der Waals surface area contributed by atoms with Crippen LogP contribution in [0.25, 0.3) is 0 Å². The fraction of sp³-hybridized carbons (Fsp3) is 0.294. The highest BCUT2D eigenvalue weighted by atomic mass is 16.4. The standard InChI is InChI=1S/C17H19NO2/c1-2-16(17(19)20)11-14-6-3-5-13(9-14)10-15-7-4-8-18-12-15/h3-9,12,16H,2,10-11H2,1H3,(H,19,20). The van der Waals surface area contributed by atoms with Gasteiger partial charge in [0, 0.05) is 12.4 Å². The van der Waals surface area contributed by atoms with Gasteiger partial charge in [-0.15, -0.1) is 0 Å². The molecular weight excluding hydrogens is 250 g/mol. The first-order chi connectivity index (χ1) is 9.69. The van der Waals surface area contributed by atoms with Crippen molar-refractivity contribution in [1.29, 1.82) is 0 Å². The van der Waals surface area contributed by atoms with Crippen molar-refractivity contribution in [2.24, 2.45) is 5.92 Å². The van der Waals surface area contributed by atoms with Gasteiger partial charge in [-0.05, 0) is 42.0 Å². The Labute approximate surface area is 119 Å². The summed E-state index contributed by atoms with van der Waals surface area (Å²) in [4.78, 5) is 15.2. The first kappa shape index (κ1) is 14.3. The van der Waals surface area contributed by atoms with Crippen molar-refractivity contribution < 1.29 is 9.90 Å². The maximum Gasteiger partial charge on any atom is 0.306 e. The number of pyridine rings is 1. The number of hydrogen-bond acceptors (Lipinski definition) is 2. The van der Waals surface area contributed by atoms with Gasteiger partial charge in [0.15, 0.2) is 0 Å². The van der Waals surface area contributed by atoms with E-state index in [-0.39, 0.29) is 5.92 Å². The molecule has 104 valence electrons. The number of carboxylic acid groups (broad SMARTS) is 1. The Morgan fingerprint density at radius 2 is 1.95 bits per heavy atom. The number of carboxylic acids is 1. The third-order valence-electron chi connectivity index (χ3n) is 3.45. The molecule has 0 radical (unpaired) electrons. The minimum atomic E-state index is -0.717. The Morgan fingerprint density at radius 1 is 1.20 bits per heavy atom. The number of benzene rings is 1. The topological polar surface area (TPSA) is 50.2 Å². The van der Waals surface area contributed by atoms with E-state index in [1.54, 1.807) is 6.20 Å². The van der Waals surface area contributed by atoms with Gasteiger partial charge in [0.1, 0.15) is 0 Å². The average Bonchev–Trinajstić information content (AvgIpc) is 2.46. The van der Waals surface area contributed by atoms with Crippen molar-refractivity contribution in [3.8, 4) is 0 Å². The van der Waals surface area contributed by atoms with Crippen LogP contribution < -0.4 is 0 Å². The lowest BCUT2D eigenvalue weighted by molar-refractivity contribution is -0.141. The van der Waals surface area contributed by atoms with Gasteiger partial charge in [-0.3, -0.25) is 9.78 Å². The van der Waals surface area contributed by atoms with Crippen molar-refractivity contribution in [2.45, 2.75) is 26.2 Å². The number of nitrogens with zero attached hydrogens (tertiary/aromatic N) is 1. The fourth-order valence-electron chi connectivity index (χ4n) is 2.30. The predicted molar refractivity (Wildman–Crippen MR) is 78.6 cm³/mol. The Hall–Kier alpha value is -2.16. The molecule has 1 heterocycles. The molecule has 1 N–H and O–H groups in total. The molecule has 0 saturated heterocycles. The van der Waals surface area contributed by atoms with E-state index in [4.69, 9.17) is 5.11 Å². The van der Waals surface area contributed by atoms with Gasteiger partial charge in [-0.2, -0.15) is 0 Å². The van der Waals surface area contributed by atoms with Crippen LogP contribution in [0.1, 0.15) is 30.0 Å². The Bertz CT molecular complexity index is 566. The van der Waals surface area contributed by atoms with Gasteiger partial charge in [0.05, 0.1) is 5.92 Å². The minimum absolute atomic E-state index is 0.302. The van der Waals surface area contributed by atoms with Gasteiger partial charge in [-0.25, -0.2) is 0 Å². The van der Waals surface area contributed by atoms with Crippen molar-refractivity contribution in [2.75, 3.05) is 0 Å². The zero-order valence-corrected chi connectivity index (χ0v) is 11.6. The Morgan fingerprint density at radius 3 is 2.60 bits per heavy atom. The van der Waals surface area contributed by atoms with Crippen molar-refractivity contribution >= 4 is 5.97 Å². The zero-order valence-electron chi connectivity index (χ0n) is 11.6. The number of hydrogen-bond donors (Lipinski definition) is 1. The summed E-state index contributed by atoms with van der Waals surface area (Å²) in [6, 6.07) is 12.1. The Kier molecular flexibility index (Phi) is 4.88. The second-order valence-corrected chi connectivity index (χ2v) is 5.01. The summed E-state index contributed by atoms with van der Waals surface area (Å²) in [5.41, 5.74) is 3.44. The van der Waals surface area contributed by atoms with E-state index in [0.29, 0.717) is 12.8 Å². The molecule has 0 saturated carbocycles. The third-order valence-corrected chi connectivity index (χ3v) is 3.45. The quantitative estimate of drug-likeness (QED) is 0.875. The zero-order chi connectivity index (χ0) is 14.4. The van der Waals surface area contributed by atoms with E-state index < -0.39 is 5.97 Å². The second-order valence-electron chi connectivity index (χ2n) is 5.01. The SMILES string of the molecule is CCC(Cc1cccc(Cc2cccnc2)c1)C(=O)O. The monoisotopic (exact) mass is 269 g/mol. The highest BCUT2D eigenvalue weighted by Gasteiger charge is 2.15. The molecule has 1 aromatic carbocycles. The van der Waals surface area contributed by atoms with Crippen LogP contribution in [-0.4, -0.2) is 16.1 Å². The maximum absolute atomic E-state index is 11.1. The summed E-state index contributed by atoms with van der Waals surface area (Å²) in [5.74, 6) is -1.02. The summed E-state index contributed by atoms with van der Waals surface area (Å²) in [5, 5.41) is 9.13. The van der Waals surface area contributed by atoms with E-state index >= 15 is 0 Å². The number of rotatable bonds is 6. The normalized spacial score (nSPS) is 12.1. The van der Waals surface area contributed by atoms with Gasteiger partial charge < -0.3 is 5.11 Å². The highest BCUT2D eigenvalue weighted by molar-refractivity contribution is 5.70. The van der Waals surface area contributed by atoms with Gasteiger partial charge >= 0.3 is 5.97 Å². The largest absolute Gasteiger partial charge is 0.481 e. The molecule has 0 amide bonds. The molecule has 3 nitrogen and oxygen atoms in total. The molecule has 1 atom stereocenters. The molecule has 1 unspecified atom stereocenters. The summed E-state index contributed by atoms with van der Waals surface area (Å²) in [6.45, 7) is 1.91. The second kappa shape index (κ2) is 6.85. The van der Waals surface area contributed by atoms with Crippen LogP contribution in [0.2, 0.25) is 0 Å². The van der Waals surface area contributed by atoms with Crippen LogP contribution in [0.5, 0.6) is 0 Å². The molecule has 0 spiro atoms. The smallest absolute Gasteiger partial charge is 0.306 e. The van der Waals surface area contributed by atoms with Gasteiger partial charge in [0.25, 0.3) is 0 Å². The predicted octanol–water partition coefficient (Wildman–Crippen LogP) is 3.33. The van der Waals surface area contributed by atoms with Crippen LogP contribution in [0, 0.1) is 5.92 Å². The Balaban J connectivity index is 2.10. The summed E-state index contributed by atoms with van der Waals surface area (Å²) in [6.07, 6.45) is 5.69. The molecule has 0 bridgehead atoms. The van der Waals surface area contributed by atoms with Crippen LogP contribution in [-0.2, 0) is 17.6 Å². The lowest BCUT2D eigenvalue weighted by Gasteiger charge is -2.11. The van der Waals surface area contributed by atoms with E-state index in [2.05, 4.69) is 17.1 Å². The lowest BCUT2D eigenvalue weighted by atomic mass is 9.95. The maximum atomic E-state index is 11.1. The van der Waals surface area contributed by atoms with E-state index in [9.17, 15) is 4.79 Å². The van der Waals surface area contributed by atoms with Crippen molar-refractivity contribution in [3.63, 3.8) is 0 Å². The van der Waals surface area contributed by atoms with E-state index in [1.165, 1.54) is 5.56 Å². The first-order valence-corrected chi connectivity index (χ1v) is 6.88. The van der Waals surface area contributed by atoms with Crippen LogP contribution >= 0.6 is 0 Å². The number of carbonyl (C=O) groups is 1. The molecule has 0 fully saturated rings. The van der Waals surface area contributed by atoms with Crippen LogP contribution in [0.4, 0.5) is 0 Å². The van der Waals surface area contributed by atoms with Crippen molar-refractivity contribution in [3.05, 3.63) is 65.5 Å². The summed E-state index contributed by atoms with van der Waals surface area (Å²) in [7, 11) is 0. The molecule has 3 heteroatoms. The highest BCUT2D eigenvalue weighted by Crippen LogP contribution is 2.16.